The molecule has 132 valence electrons. The van der Waals surface area contributed by atoms with Gasteiger partial charge in [-0.25, -0.2) is 4.98 Å². The average molecular weight is 342 g/mol. The van der Waals surface area contributed by atoms with E-state index in [4.69, 9.17) is 14.2 Å². The monoisotopic (exact) mass is 342 g/mol. The van der Waals surface area contributed by atoms with Gasteiger partial charge in [0.05, 0.1) is 13.7 Å². The van der Waals surface area contributed by atoms with Gasteiger partial charge in [-0.05, 0) is 25.1 Å². The first kappa shape index (κ1) is 17.1. The third kappa shape index (κ3) is 4.62. The Kier molecular flexibility index (Phi) is 5.38. The third-order valence-corrected chi connectivity index (χ3v) is 4.05. The molecule has 1 saturated heterocycles. The fraction of sp³-hybridized carbons (Fsp3) is 0.368. The van der Waals surface area contributed by atoms with E-state index in [2.05, 4.69) is 4.98 Å². The molecule has 3 rings (SSSR count). The van der Waals surface area contributed by atoms with E-state index >= 15 is 0 Å². The summed E-state index contributed by atoms with van der Waals surface area (Å²) in [5, 5.41) is 0. The number of rotatable bonds is 6. The van der Waals surface area contributed by atoms with E-state index in [1.165, 1.54) is 0 Å². The molecule has 1 aromatic carbocycles. The molecule has 0 saturated carbocycles. The molecule has 1 amide bonds. The summed E-state index contributed by atoms with van der Waals surface area (Å²) in [4.78, 5) is 18.4. The summed E-state index contributed by atoms with van der Waals surface area (Å²) in [7, 11) is 1.59. The molecule has 1 unspecified atom stereocenters. The van der Waals surface area contributed by atoms with Gasteiger partial charge >= 0.3 is 0 Å². The van der Waals surface area contributed by atoms with Crippen molar-refractivity contribution in [3.8, 4) is 17.4 Å². The quantitative estimate of drug-likeness (QED) is 0.807. The number of amides is 1. The first-order valence-corrected chi connectivity index (χ1v) is 8.29. The molecule has 25 heavy (non-hydrogen) atoms. The Morgan fingerprint density at radius 1 is 1.24 bits per heavy atom. The van der Waals surface area contributed by atoms with E-state index < -0.39 is 0 Å². The van der Waals surface area contributed by atoms with Gasteiger partial charge in [0, 0.05) is 30.8 Å². The topological polar surface area (TPSA) is 60.9 Å². The molecule has 2 aromatic rings. The lowest BCUT2D eigenvalue weighted by Gasteiger charge is -2.17. The van der Waals surface area contributed by atoms with E-state index in [1.807, 2.05) is 37.3 Å². The van der Waals surface area contributed by atoms with Crippen molar-refractivity contribution in [1.82, 2.24) is 9.88 Å². The van der Waals surface area contributed by atoms with Crippen molar-refractivity contribution in [3.63, 3.8) is 0 Å². The maximum atomic E-state index is 12.3. The fourth-order valence-electron chi connectivity index (χ4n) is 2.73. The highest BCUT2D eigenvalue weighted by molar-refractivity contribution is 5.78. The summed E-state index contributed by atoms with van der Waals surface area (Å²) >= 11 is 0. The van der Waals surface area contributed by atoms with Crippen molar-refractivity contribution in [2.75, 3.05) is 26.8 Å². The highest BCUT2D eigenvalue weighted by atomic mass is 16.5. The highest BCUT2D eigenvalue weighted by Gasteiger charge is 2.28. The second-order valence-corrected chi connectivity index (χ2v) is 5.95. The summed E-state index contributed by atoms with van der Waals surface area (Å²) in [5.41, 5.74) is 0.912. The second-order valence-electron chi connectivity index (χ2n) is 5.95. The largest absolute Gasteiger partial charge is 0.497 e. The van der Waals surface area contributed by atoms with Gasteiger partial charge in [-0.1, -0.05) is 12.1 Å². The maximum absolute atomic E-state index is 12.3. The number of hydrogen-bond acceptors (Lipinski definition) is 5. The number of aryl methyl sites for hydroxylation is 1. The lowest BCUT2D eigenvalue weighted by Crippen LogP contribution is -2.34. The second kappa shape index (κ2) is 7.88. The number of nitrogens with zero attached hydrogens (tertiary/aromatic N) is 2. The van der Waals surface area contributed by atoms with Crippen LogP contribution in [0.3, 0.4) is 0 Å². The molecular formula is C19H22N2O4. The van der Waals surface area contributed by atoms with E-state index in [0.717, 1.165) is 12.1 Å². The molecular weight excluding hydrogens is 320 g/mol. The van der Waals surface area contributed by atoms with E-state index in [1.54, 1.807) is 24.1 Å². The first-order valence-electron chi connectivity index (χ1n) is 8.29. The normalized spacial score (nSPS) is 16.6. The number of ether oxygens (including phenoxy) is 3. The molecule has 1 aliphatic rings. The third-order valence-electron chi connectivity index (χ3n) is 4.05. The number of benzene rings is 1. The van der Waals surface area contributed by atoms with Crippen LogP contribution in [0.4, 0.5) is 0 Å². The average Bonchev–Trinajstić information content (AvgIpc) is 3.08. The maximum Gasteiger partial charge on any atom is 0.260 e. The van der Waals surface area contributed by atoms with Gasteiger partial charge in [-0.2, -0.15) is 0 Å². The summed E-state index contributed by atoms with van der Waals surface area (Å²) in [6, 6.07) is 12.9. The molecule has 0 aliphatic carbocycles. The van der Waals surface area contributed by atoms with Crippen molar-refractivity contribution >= 4 is 5.91 Å². The van der Waals surface area contributed by atoms with Crippen molar-refractivity contribution in [2.45, 2.75) is 19.4 Å². The van der Waals surface area contributed by atoms with Crippen molar-refractivity contribution < 1.29 is 19.0 Å². The molecule has 1 aliphatic heterocycles. The van der Waals surface area contributed by atoms with Crippen LogP contribution in [-0.2, 0) is 4.79 Å². The number of likely N-dealkylation sites (tertiary alicyclic amines) is 1. The fourth-order valence-corrected chi connectivity index (χ4v) is 2.73. The Morgan fingerprint density at radius 2 is 2.04 bits per heavy atom. The van der Waals surface area contributed by atoms with Gasteiger partial charge in [0.2, 0.25) is 5.88 Å². The zero-order chi connectivity index (χ0) is 17.6. The molecule has 0 bridgehead atoms. The molecule has 1 atom stereocenters. The summed E-state index contributed by atoms with van der Waals surface area (Å²) < 4.78 is 16.6. The number of carbonyl (C=O) groups is 1. The minimum absolute atomic E-state index is 0.00256. The molecule has 0 N–H and O–H groups in total. The molecule has 6 nitrogen and oxygen atoms in total. The zero-order valence-corrected chi connectivity index (χ0v) is 14.5. The minimum atomic E-state index is -0.0499. The Labute approximate surface area is 147 Å². The standard InChI is InChI=1S/C19H22N2O4/c1-14-5-3-8-18(20-14)25-17-9-10-21(12-17)19(22)13-24-16-7-4-6-15(11-16)23-2/h3-8,11,17H,9-10,12-13H2,1-2H3. The predicted molar refractivity (Wildman–Crippen MR) is 93.1 cm³/mol. The van der Waals surface area contributed by atoms with Crippen LogP contribution in [-0.4, -0.2) is 48.7 Å². The summed E-state index contributed by atoms with van der Waals surface area (Å²) in [5.74, 6) is 1.87. The first-order chi connectivity index (χ1) is 12.1. The lowest BCUT2D eigenvalue weighted by atomic mass is 10.3. The Morgan fingerprint density at radius 3 is 2.84 bits per heavy atom. The molecule has 2 heterocycles. The van der Waals surface area contributed by atoms with Gasteiger partial charge in [0.25, 0.3) is 5.91 Å². The van der Waals surface area contributed by atoms with Crippen molar-refractivity contribution in [1.29, 1.82) is 0 Å². The predicted octanol–water partition coefficient (Wildman–Crippen LogP) is 2.46. The number of carbonyl (C=O) groups excluding carboxylic acids is 1. The number of hydrogen-bond donors (Lipinski definition) is 0. The van der Waals surface area contributed by atoms with E-state index in [9.17, 15) is 4.79 Å². The Hall–Kier alpha value is -2.76. The number of pyridine rings is 1. The minimum Gasteiger partial charge on any atom is -0.497 e. The van der Waals surface area contributed by atoms with Crippen LogP contribution in [0.15, 0.2) is 42.5 Å². The van der Waals surface area contributed by atoms with E-state index in [0.29, 0.717) is 30.5 Å². The number of aromatic nitrogens is 1. The molecule has 6 heteroatoms. The highest BCUT2D eigenvalue weighted by Crippen LogP contribution is 2.20. The van der Waals surface area contributed by atoms with Crippen LogP contribution in [0.5, 0.6) is 17.4 Å². The van der Waals surface area contributed by atoms with Gasteiger partial charge in [-0.3, -0.25) is 4.79 Å². The summed E-state index contributed by atoms with van der Waals surface area (Å²) in [6.07, 6.45) is 0.760. The zero-order valence-electron chi connectivity index (χ0n) is 14.5. The van der Waals surface area contributed by atoms with Crippen LogP contribution >= 0.6 is 0 Å². The lowest BCUT2D eigenvalue weighted by molar-refractivity contribution is -0.132. The van der Waals surface area contributed by atoms with Gasteiger partial charge in [0.15, 0.2) is 6.61 Å². The van der Waals surface area contributed by atoms with Gasteiger partial charge < -0.3 is 19.1 Å². The molecule has 0 radical (unpaired) electrons. The van der Waals surface area contributed by atoms with Crippen LogP contribution in [0.1, 0.15) is 12.1 Å². The smallest absolute Gasteiger partial charge is 0.260 e. The van der Waals surface area contributed by atoms with Crippen LogP contribution in [0, 0.1) is 6.92 Å². The van der Waals surface area contributed by atoms with Crippen molar-refractivity contribution in [2.24, 2.45) is 0 Å². The van der Waals surface area contributed by atoms with Gasteiger partial charge in [-0.15, -0.1) is 0 Å². The molecule has 0 spiro atoms. The SMILES string of the molecule is COc1cccc(OCC(=O)N2CCC(Oc3cccc(C)n3)C2)c1. The van der Waals surface area contributed by atoms with Crippen molar-refractivity contribution in [3.05, 3.63) is 48.2 Å². The van der Waals surface area contributed by atoms with Gasteiger partial charge in [0.1, 0.15) is 17.6 Å². The number of methoxy groups -OCH3 is 1. The van der Waals surface area contributed by atoms with Crippen LogP contribution in [0.25, 0.3) is 0 Å². The Bertz CT molecular complexity index is 735. The molecule has 1 fully saturated rings. The summed E-state index contributed by atoms with van der Waals surface area (Å²) in [6.45, 7) is 3.14. The van der Waals surface area contributed by atoms with Crippen LogP contribution in [0.2, 0.25) is 0 Å². The molecule has 1 aromatic heterocycles. The Balaban J connectivity index is 1.48. The van der Waals surface area contributed by atoms with Crippen LogP contribution < -0.4 is 14.2 Å². The van der Waals surface area contributed by atoms with E-state index in [-0.39, 0.29) is 18.6 Å².